The first-order chi connectivity index (χ1) is 12.4. The van der Waals surface area contributed by atoms with Crippen molar-refractivity contribution in [1.82, 2.24) is 19.4 Å². The zero-order valence-corrected chi connectivity index (χ0v) is 16.2. The molecule has 0 fully saturated rings. The minimum atomic E-state index is -0.501. The maximum atomic E-state index is 13.1. The molecule has 0 aliphatic heterocycles. The SMILES string of the molecule is Cc1nc2sc3c(c2c(=O)n1NC(=O)c1c(Cl)cnn1C)CC[C@H](C)C3. The summed E-state index contributed by atoms with van der Waals surface area (Å²) < 4.78 is 2.58. The molecule has 26 heavy (non-hydrogen) atoms. The smallest absolute Gasteiger partial charge is 0.267 e. The van der Waals surface area contributed by atoms with Crippen LogP contribution in [0.3, 0.4) is 0 Å². The summed E-state index contributed by atoms with van der Waals surface area (Å²) in [5.74, 6) is 0.547. The molecule has 0 saturated heterocycles. The standard InChI is InChI=1S/C17H18ClN5O2S/c1-8-4-5-10-12(6-8)26-16-13(10)17(25)23(9(2)20-16)21-15(24)14-11(18)7-19-22(14)3/h7-8H,4-6H2,1-3H3,(H,21,24)/t8-/m0/s1. The average Bonchev–Trinajstić information content (AvgIpc) is 3.10. The number of carbonyl (C=O) groups excluding carboxylic acids is 1. The quantitative estimate of drug-likeness (QED) is 0.728. The van der Waals surface area contributed by atoms with Gasteiger partial charge < -0.3 is 0 Å². The van der Waals surface area contributed by atoms with Crippen molar-refractivity contribution in [1.29, 1.82) is 0 Å². The van der Waals surface area contributed by atoms with Crippen LogP contribution in [0.4, 0.5) is 0 Å². The largest absolute Gasteiger partial charge is 0.290 e. The molecule has 1 atom stereocenters. The Balaban J connectivity index is 1.81. The second-order valence-electron chi connectivity index (χ2n) is 6.74. The summed E-state index contributed by atoms with van der Waals surface area (Å²) in [6, 6.07) is 0. The summed E-state index contributed by atoms with van der Waals surface area (Å²) >= 11 is 7.62. The number of nitrogens with one attached hydrogen (secondary N) is 1. The number of aryl methyl sites for hydroxylation is 3. The molecular formula is C17H18ClN5O2S. The lowest BCUT2D eigenvalue weighted by Gasteiger charge is -2.17. The predicted octanol–water partition coefficient (Wildman–Crippen LogP) is 2.66. The average molecular weight is 392 g/mol. The van der Waals surface area contributed by atoms with Gasteiger partial charge in [0.1, 0.15) is 16.3 Å². The summed E-state index contributed by atoms with van der Waals surface area (Å²) in [6.07, 6.45) is 4.30. The van der Waals surface area contributed by atoms with Crippen LogP contribution < -0.4 is 11.0 Å². The van der Waals surface area contributed by atoms with Crippen LogP contribution in [0.1, 0.15) is 40.1 Å². The van der Waals surface area contributed by atoms with E-state index in [-0.39, 0.29) is 16.3 Å². The zero-order chi connectivity index (χ0) is 18.6. The van der Waals surface area contributed by atoms with Crippen molar-refractivity contribution in [2.45, 2.75) is 33.1 Å². The van der Waals surface area contributed by atoms with Gasteiger partial charge in [0.05, 0.1) is 16.6 Å². The van der Waals surface area contributed by atoms with E-state index in [1.54, 1.807) is 25.3 Å². The Hall–Kier alpha value is -2.19. The van der Waals surface area contributed by atoms with Gasteiger partial charge in [0.2, 0.25) is 0 Å². The molecule has 7 nitrogen and oxygen atoms in total. The molecule has 0 radical (unpaired) electrons. The van der Waals surface area contributed by atoms with E-state index in [4.69, 9.17) is 11.6 Å². The van der Waals surface area contributed by atoms with Crippen LogP contribution in [0.25, 0.3) is 10.2 Å². The number of nitrogens with zero attached hydrogens (tertiary/aromatic N) is 4. The van der Waals surface area contributed by atoms with Crippen molar-refractivity contribution < 1.29 is 4.79 Å². The molecule has 3 heterocycles. The van der Waals surface area contributed by atoms with Gasteiger partial charge in [-0.2, -0.15) is 5.10 Å². The van der Waals surface area contributed by atoms with E-state index in [2.05, 4.69) is 22.4 Å². The fourth-order valence-electron chi connectivity index (χ4n) is 3.44. The minimum absolute atomic E-state index is 0.194. The first kappa shape index (κ1) is 17.2. The van der Waals surface area contributed by atoms with Gasteiger partial charge in [0.25, 0.3) is 11.5 Å². The zero-order valence-electron chi connectivity index (χ0n) is 14.7. The van der Waals surface area contributed by atoms with Crippen molar-refractivity contribution in [2.24, 2.45) is 13.0 Å². The van der Waals surface area contributed by atoms with E-state index < -0.39 is 5.91 Å². The van der Waals surface area contributed by atoms with E-state index >= 15 is 0 Å². The lowest BCUT2D eigenvalue weighted by atomic mass is 9.89. The highest BCUT2D eigenvalue weighted by Crippen LogP contribution is 2.35. The van der Waals surface area contributed by atoms with Crippen molar-refractivity contribution >= 4 is 39.1 Å². The fourth-order valence-corrected chi connectivity index (χ4v) is 5.11. The third-order valence-corrected chi connectivity index (χ3v) is 6.24. The highest BCUT2D eigenvalue weighted by atomic mass is 35.5. The maximum Gasteiger partial charge on any atom is 0.290 e. The van der Waals surface area contributed by atoms with Gasteiger partial charge >= 0.3 is 0 Å². The van der Waals surface area contributed by atoms with Crippen molar-refractivity contribution in [3.05, 3.63) is 43.5 Å². The molecule has 1 aliphatic rings. The molecule has 0 aromatic carbocycles. The summed E-state index contributed by atoms with van der Waals surface area (Å²) in [5, 5.41) is 4.81. The number of thiophene rings is 1. The van der Waals surface area contributed by atoms with Crippen LogP contribution in [-0.2, 0) is 19.9 Å². The fraction of sp³-hybridized carbons (Fsp3) is 0.412. The number of fused-ring (bicyclic) bond motifs is 3. The Kier molecular flexibility index (Phi) is 4.11. The molecule has 0 bridgehead atoms. The summed E-state index contributed by atoms with van der Waals surface area (Å²) in [4.78, 5) is 32.2. The number of aromatic nitrogens is 4. The normalized spacial score (nSPS) is 16.7. The van der Waals surface area contributed by atoms with Gasteiger partial charge in [-0.15, -0.1) is 11.3 Å². The first-order valence-corrected chi connectivity index (χ1v) is 9.59. The Morgan fingerprint density at radius 3 is 2.92 bits per heavy atom. The van der Waals surface area contributed by atoms with E-state index in [1.165, 1.54) is 20.4 Å². The second-order valence-corrected chi connectivity index (χ2v) is 8.23. The molecule has 3 aromatic rings. The Morgan fingerprint density at radius 2 is 2.23 bits per heavy atom. The summed E-state index contributed by atoms with van der Waals surface area (Å²) in [6.45, 7) is 3.93. The van der Waals surface area contributed by atoms with E-state index in [0.29, 0.717) is 17.1 Å². The van der Waals surface area contributed by atoms with Crippen molar-refractivity contribution in [3.8, 4) is 0 Å². The van der Waals surface area contributed by atoms with Gasteiger partial charge in [-0.3, -0.25) is 19.7 Å². The van der Waals surface area contributed by atoms with E-state index in [0.717, 1.165) is 29.7 Å². The minimum Gasteiger partial charge on any atom is -0.267 e. The third kappa shape index (κ3) is 2.64. The van der Waals surface area contributed by atoms with E-state index in [9.17, 15) is 9.59 Å². The van der Waals surface area contributed by atoms with Crippen LogP contribution in [-0.4, -0.2) is 25.3 Å². The number of hydrogen-bond donors (Lipinski definition) is 1. The Bertz CT molecular complexity index is 1080. The molecule has 1 aliphatic carbocycles. The molecule has 4 rings (SSSR count). The third-order valence-electron chi connectivity index (χ3n) is 4.82. The lowest BCUT2D eigenvalue weighted by molar-refractivity contribution is 0.0997. The number of rotatable bonds is 2. The van der Waals surface area contributed by atoms with Gasteiger partial charge in [-0.1, -0.05) is 18.5 Å². The molecule has 9 heteroatoms. The Morgan fingerprint density at radius 1 is 1.46 bits per heavy atom. The monoisotopic (exact) mass is 391 g/mol. The Labute approximate surface area is 158 Å². The lowest BCUT2D eigenvalue weighted by Crippen LogP contribution is -2.36. The predicted molar refractivity (Wildman–Crippen MR) is 102 cm³/mol. The molecule has 0 unspecified atom stereocenters. The molecule has 3 aromatic heterocycles. The van der Waals surface area contributed by atoms with Crippen LogP contribution in [0.5, 0.6) is 0 Å². The van der Waals surface area contributed by atoms with Crippen molar-refractivity contribution in [2.75, 3.05) is 5.43 Å². The number of carbonyl (C=O) groups is 1. The molecular weight excluding hydrogens is 374 g/mol. The van der Waals surface area contributed by atoms with Gasteiger partial charge in [0.15, 0.2) is 0 Å². The molecule has 0 spiro atoms. The van der Waals surface area contributed by atoms with Crippen LogP contribution in [0, 0.1) is 12.8 Å². The number of hydrogen-bond acceptors (Lipinski definition) is 5. The van der Waals surface area contributed by atoms with Gasteiger partial charge in [-0.25, -0.2) is 9.66 Å². The summed E-state index contributed by atoms with van der Waals surface area (Å²) in [7, 11) is 1.62. The molecule has 0 saturated carbocycles. The van der Waals surface area contributed by atoms with Gasteiger partial charge in [-0.05, 0) is 37.7 Å². The summed E-state index contributed by atoms with van der Waals surface area (Å²) in [5.41, 5.74) is 3.66. The highest BCUT2D eigenvalue weighted by Gasteiger charge is 2.25. The highest BCUT2D eigenvalue weighted by molar-refractivity contribution is 7.18. The number of amides is 1. The molecule has 136 valence electrons. The van der Waals surface area contributed by atoms with Gasteiger partial charge in [0, 0.05) is 11.9 Å². The van der Waals surface area contributed by atoms with Crippen LogP contribution in [0.2, 0.25) is 5.02 Å². The molecule has 1 amide bonds. The van der Waals surface area contributed by atoms with Crippen LogP contribution >= 0.6 is 22.9 Å². The first-order valence-electron chi connectivity index (χ1n) is 8.39. The maximum absolute atomic E-state index is 13.1. The van der Waals surface area contributed by atoms with Crippen molar-refractivity contribution in [3.63, 3.8) is 0 Å². The number of halogens is 1. The van der Waals surface area contributed by atoms with E-state index in [1.807, 2.05) is 0 Å². The molecule has 1 N–H and O–H groups in total. The topological polar surface area (TPSA) is 81.8 Å². The second kappa shape index (κ2) is 6.21. The van der Waals surface area contributed by atoms with Crippen LogP contribution in [0.15, 0.2) is 11.0 Å².